The highest BCUT2D eigenvalue weighted by Crippen LogP contribution is 2.25. The summed E-state index contributed by atoms with van der Waals surface area (Å²) in [5, 5.41) is 18.2. The topological polar surface area (TPSA) is 114 Å². The number of hydrazine groups is 1. The Bertz CT molecular complexity index is 446. The first-order valence-corrected chi connectivity index (χ1v) is 4.64. The minimum absolute atomic E-state index is 0.289. The number of ether oxygens (including phenoxy) is 2. The normalized spacial score (nSPS) is 11.9. The van der Waals surface area contributed by atoms with E-state index >= 15 is 0 Å². The summed E-state index contributed by atoms with van der Waals surface area (Å²) in [7, 11) is 0. The maximum absolute atomic E-state index is 11.9. The first kappa shape index (κ1) is 15.0. The Balaban J connectivity index is 2.75. The van der Waals surface area contributed by atoms with E-state index in [4.69, 9.17) is 10.2 Å². The molecular weight excluding hydrogens is 273 g/mol. The largest absolute Gasteiger partial charge is 0.573 e. The number of nitrogens with one attached hydrogen (secondary N) is 1. The van der Waals surface area contributed by atoms with Gasteiger partial charge in [0.25, 0.3) is 0 Å². The second kappa shape index (κ2) is 5.30. The molecule has 0 radical (unpaired) electrons. The number of amides is 1. The fraction of sp³-hybridized carbons (Fsp3) is 0.222. The number of benzene rings is 1. The first-order chi connectivity index (χ1) is 8.64. The van der Waals surface area contributed by atoms with Gasteiger partial charge >= 0.3 is 18.2 Å². The molecule has 1 amide bonds. The van der Waals surface area contributed by atoms with Crippen LogP contribution in [0, 0.1) is 0 Å². The number of alkyl halides is 3. The monoisotopic (exact) mass is 282 g/mol. The fourth-order valence-electron chi connectivity index (χ4n) is 1.01. The Labute approximate surface area is 104 Å². The maximum atomic E-state index is 11.9. The highest BCUT2D eigenvalue weighted by atomic mass is 19.4. The Morgan fingerprint density at radius 1 is 1.11 bits per heavy atom. The van der Waals surface area contributed by atoms with Gasteiger partial charge in [0.05, 0.1) is 0 Å². The van der Waals surface area contributed by atoms with Gasteiger partial charge in [-0.15, -0.1) is 13.2 Å². The maximum Gasteiger partial charge on any atom is 0.573 e. The molecule has 1 rings (SSSR count). The zero-order chi connectivity index (χ0) is 14.7. The lowest BCUT2D eigenvalue weighted by atomic mass is 10.3. The van der Waals surface area contributed by atoms with Gasteiger partial charge in [-0.2, -0.15) is 0 Å². The highest BCUT2D eigenvalue weighted by molar-refractivity contribution is 5.81. The standard InChI is InChI=1S/C9H9F3N2O5/c10-9(11,12)19-6-3-1-5(2-4-6)18-8(16,17)7(15)14-13/h1-4,16-17H,13H2,(H,14,15). The number of hydrogen-bond acceptors (Lipinski definition) is 6. The van der Waals surface area contributed by atoms with Crippen molar-refractivity contribution in [3.63, 3.8) is 0 Å². The minimum Gasteiger partial charge on any atom is -0.432 e. The summed E-state index contributed by atoms with van der Waals surface area (Å²) >= 11 is 0. The summed E-state index contributed by atoms with van der Waals surface area (Å²) in [5.41, 5.74) is 1.43. The quantitative estimate of drug-likeness (QED) is 0.258. The van der Waals surface area contributed by atoms with E-state index in [0.717, 1.165) is 24.3 Å². The number of rotatable bonds is 4. The van der Waals surface area contributed by atoms with Crippen LogP contribution in [0.15, 0.2) is 24.3 Å². The number of hydrogen-bond donors (Lipinski definition) is 4. The third-order valence-electron chi connectivity index (χ3n) is 1.74. The van der Waals surface area contributed by atoms with E-state index < -0.39 is 24.0 Å². The van der Waals surface area contributed by atoms with Gasteiger partial charge in [0.2, 0.25) is 0 Å². The van der Waals surface area contributed by atoms with Crippen molar-refractivity contribution in [2.75, 3.05) is 0 Å². The number of carbonyl (C=O) groups excluding carboxylic acids is 1. The molecule has 0 fully saturated rings. The lowest BCUT2D eigenvalue weighted by molar-refractivity contribution is -0.275. The summed E-state index contributed by atoms with van der Waals surface area (Å²) in [5.74, 6) is -0.870. The van der Waals surface area contributed by atoms with Crippen molar-refractivity contribution in [3.05, 3.63) is 24.3 Å². The number of nitrogens with two attached hydrogens (primary N) is 1. The van der Waals surface area contributed by atoms with Gasteiger partial charge in [0.1, 0.15) is 11.5 Å². The van der Waals surface area contributed by atoms with Gasteiger partial charge in [-0.25, -0.2) is 5.84 Å². The lowest BCUT2D eigenvalue weighted by Crippen LogP contribution is -2.53. The second-order valence-corrected chi connectivity index (χ2v) is 3.20. The van der Waals surface area contributed by atoms with E-state index in [-0.39, 0.29) is 5.75 Å². The molecule has 1 aromatic carbocycles. The van der Waals surface area contributed by atoms with E-state index in [9.17, 15) is 18.0 Å². The third-order valence-corrected chi connectivity index (χ3v) is 1.74. The van der Waals surface area contributed by atoms with E-state index in [2.05, 4.69) is 15.3 Å². The van der Waals surface area contributed by atoms with Crippen LogP contribution in [-0.4, -0.2) is 28.5 Å². The Morgan fingerprint density at radius 2 is 1.53 bits per heavy atom. The van der Waals surface area contributed by atoms with E-state index in [1.807, 2.05) is 0 Å². The number of carbonyl (C=O) groups is 1. The molecule has 19 heavy (non-hydrogen) atoms. The van der Waals surface area contributed by atoms with Crippen LogP contribution in [0.5, 0.6) is 11.5 Å². The molecule has 7 nitrogen and oxygen atoms in total. The van der Waals surface area contributed by atoms with Crippen molar-refractivity contribution in [2.24, 2.45) is 5.84 Å². The van der Waals surface area contributed by atoms with Crippen molar-refractivity contribution in [3.8, 4) is 11.5 Å². The fourth-order valence-corrected chi connectivity index (χ4v) is 1.01. The molecule has 10 heteroatoms. The van der Waals surface area contributed by atoms with Gasteiger partial charge in [-0.05, 0) is 24.3 Å². The molecule has 0 aliphatic heterocycles. The summed E-state index contributed by atoms with van der Waals surface area (Å²) in [4.78, 5) is 10.9. The molecule has 0 heterocycles. The number of aliphatic hydroxyl groups is 2. The van der Waals surface area contributed by atoms with Gasteiger partial charge in [-0.1, -0.05) is 0 Å². The van der Waals surface area contributed by atoms with Crippen molar-refractivity contribution in [2.45, 2.75) is 12.3 Å². The van der Waals surface area contributed by atoms with E-state index in [1.165, 1.54) is 5.43 Å². The summed E-state index contributed by atoms with van der Waals surface area (Å²) in [6.07, 6.45) is -4.85. The van der Waals surface area contributed by atoms with Crippen LogP contribution >= 0.6 is 0 Å². The predicted molar refractivity (Wildman–Crippen MR) is 53.3 cm³/mol. The lowest BCUT2D eigenvalue weighted by Gasteiger charge is -2.20. The zero-order valence-corrected chi connectivity index (χ0v) is 9.14. The molecule has 0 bridgehead atoms. The van der Waals surface area contributed by atoms with Gasteiger partial charge in [0.15, 0.2) is 0 Å². The first-order valence-electron chi connectivity index (χ1n) is 4.64. The predicted octanol–water partition coefficient (Wildman–Crippen LogP) is -0.408. The van der Waals surface area contributed by atoms with Crippen LogP contribution in [0.1, 0.15) is 0 Å². The summed E-state index contributed by atoms with van der Waals surface area (Å²) in [6.45, 7) is 0. The van der Waals surface area contributed by atoms with Gasteiger partial charge in [-0.3, -0.25) is 10.2 Å². The third kappa shape index (κ3) is 4.62. The molecule has 0 saturated heterocycles. The Kier molecular flexibility index (Phi) is 4.19. The molecule has 1 aromatic rings. The molecule has 5 N–H and O–H groups in total. The summed E-state index contributed by atoms with van der Waals surface area (Å²) in [6, 6.07) is 3.59. The van der Waals surface area contributed by atoms with Gasteiger partial charge < -0.3 is 19.7 Å². The molecule has 106 valence electrons. The van der Waals surface area contributed by atoms with Crippen molar-refractivity contribution >= 4 is 5.91 Å². The molecule has 0 aliphatic carbocycles. The van der Waals surface area contributed by atoms with Gasteiger partial charge in [0, 0.05) is 0 Å². The molecule has 0 aliphatic rings. The van der Waals surface area contributed by atoms with Crippen molar-refractivity contribution < 1.29 is 37.7 Å². The smallest absolute Gasteiger partial charge is 0.432 e. The Hall–Kier alpha value is -2.04. The van der Waals surface area contributed by atoms with Crippen LogP contribution in [0.25, 0.3) is 0 Å². The van der Waals surface area contributed by atoms with E-state index in [1.54, 1.807) is 0 Å². The number of halogens is 3. The van der Waals surface area contributed by atoms with Crippen LogP contribution in [-0.2, 0) is 4.79 Å². The SMILES string of the molecule is NNC(=O)C(O)(O)Oc1ccc(OC(F)(F)F)cc1. The molecular formula is C9H9F3N2O5. The molecule has 0 aromatic heterocycles. The highest BCUT2D eigenvalue weighted by Gasteiger charge is 2.36. The van der Waals surface area contributed by atoms with Crippen LogP contribution < -0.4 is 20.7 Å². The average molecular weight is 282 g/mol. The zero-order valence-electron chi connectivity index (χ0n) is 9.14. The van der Waals surface area contributed by atoms with Crippen LogP contribution in [0.4, 0.5) is 13.2 Å². The average Bonchev–Trinajstić information content (AvgIpc) is 2.28. The van der Waals surface area contributed by atoms with Crippen molar-refractivity contribution in [1.29, 1.82) is 0 Å². The molecule has 0 atom stereocenters. The second-order valence-electron chi connectivity index (χ2n) is 3.20. The van der Waals surface area contributed by atoms with Crippen LogP contribution in [0.3, 0.4) is 0 Å². The molecule has 0 saturated carbocycles. The molecule has 0 unspecified atom stereocenters. The summed E-state index contributed by atoms with van der Waals surface area (Å²) < 4.78 is 43.6. The van der Waals surface area contributed by atoms with E-state index in [0.29, 0.717) is 0 Å². The van der Waals surface area contributed by atoms with Crippen molar-refractivity contribution in [1.82, 2.24) is 5.43 Å². The molecule has 0 spiro atoms. The Morgan fingerprint density at radius 3 is 1.89 bits per heavy atom. The minimum atomic E-state index is -4.85. The van der Waals surface area contributed by atoms with Crippen LogP contribution in [0.2, 0.25) is 0 Å².